The van der Waals surface area contributed by atoms with Gasteiger partial charge in [-0.2, -0.15) is 0 Å². The Labute approximate surface area is 156 Å². The minimum absolute atomic E-state index is 0.689. The number of rotatable bonds is 2. The number of pyridine rings is 1. The van der Waals surface area contributed by atoms with Crippen molar-refractivity contribution in [1.82, 2.24) is 4.98 Å². The molecule has 1 heterocycles. The van der Waals surface area contributed by atoms with Crippen molar-refractivity contribution in [3.63, 3.8) is 0 Å². The van der Waals surface area contributed by atoms with E-state index < -0.39 is 0 Å². The first-order chi connectivity index (χ1) is 12.1. The average Bonchev–Trinajstić information content (AvgIpc) is 2.63. The molecule has 3 heteroatoms. The summed E-state index contributed by atoms with van der Waals surface area (Å²) in [6, 6.07) is 23.9. The van der Waals surface area contributed by atoms with Gasteiger partial charge in [-0.05, 0) is 42.3 Å². The number of nitrogens with zero attached hydrogens (tertiary/aromatic N) is 1. The van der Waals surface area contributed by atoms with Gasteiger partial charge in [-0.15, -0.1) is 0 Å². The summed E-state index contributed by atoms with van der Waals surface area (Å²) in [5, 5.41) is 2.42. The quantitative estimate of drug-likeness (QED) is 0.367. The van der Waals surface area contributed by atoms with Gasteiger partial charge in [0.05, 0.1) is 11.2 Å². The summed E-state index contributed by atoms with van der Waals surface area (Å²) in [6.07, 6.45) is 0. The predicted molar refractivity (Wildman–Crippen MR) is 107 cm³/mol. The highest BCUT2D eigenvalue weighted by atomic mass is 35.5. The van der Waals surface area contributed by atoms with E-state index in [1.165, 1.54) is 0 Å². The van der Waals surface area contributed by atoms with Crippen LogP contribution < -0.4 is 0 Å². The summed E-state index contributed by atoms with van der Waals surface area (Å²) >= 11 is 12.8. The molecule has 0 aliphatic rings. The van der Waals surface area contributed by atoms with Crippen LogP contribution in [0.2, 0.25) is 10.0 Å². The van der Waals surface area contributed by atoms with E-state index in [4.69, 9.17) is 28.2 Å². The lowest BCUT2D eigenvalue weighted by Crippen LogP contribution is -1.96. The minimum atomic E-state index is 0.689. The zero-order valence-corrected chi connectivity index (χ0v) is 15.1. The third-order valence-electron chi connectivity index (χ3n) is 4.38. The molecule has 0 radical (unpaired) electrons. The van der Waals surface area contributed by atoms with E-state index in [1.807, 2.05) is 60.7 Å². The maximum Gasteiger partial charge on any atom is 0.0745 e. The highest BCUT2D eigenvalue weighted by Gasteiger charge is 2.16. The van der Waals surface area contributed by atoms with Gasteiger partial charge in [0.25, 0.3) is 0 Å². The highest BCUT2D eigenvalue weighted by Crippen LogP contribution is 2.39. The third-order valence-corrected chi connectivity index (χ3v) is 4.95. The largest absolute Gasteiger partial charge is 0.247 e. The van der Waals surface area contributed by atoms with Crippen LogP contribution in [0.25, 0.3) is 33.3 Å². The Morgan fingerprint density at radius 1 is 0.800 bits per heavy atom. The number of halogens is 2. The molecule has 0 fully saturated rings. The van der Waals surface area contributed by atoms with E-state index in [2.05, 4.69) is 19.1 Å². The van der Waals surface area contributed by atoms with Crippen LogP contribution in [0.5, 0.6) is 0 Å². The van der Waals surface area contributed by atoms with Gasteiger partial charge in [-0.3, -0.25) is 0 Å². The average molecular weight is 364 g/mol. The van der Waals surface area contributed by atoms with Crippen molar-refractivity contribution in [1.29, 1.82) is 0 Å². The molecule has 4 rings (SSSR count). The third kappa shape index (κ3) is 2.90. The molecule has 0 atom stereocenters. The molecule has 1 aromatic heterocycles. The Kier molecular flexibility index (Phi) is 4.20. The zero-order valence-electron chi connectivity index (χ0n) is 13.6. The van der Waals surface area contributed by atoms with Gasteiger partial charge in [-0.1, -0.05) is 71.7 Å². The van der Waals surface area contributed by atoms with Crippen LogP contribution in [0.3, 0.4) is 0 Å². The molecule has 3 aromatic carbocycles. The van der Waals surface area contributed by atoms with Crippen LogP contribution in [0, 0.1) is 6.92 Å². The smallest absolute Gasteiger partial charge is 0.0745 e. The molecule has 0 aliphatic heterocycles. The molecule has 25 heavy (non-hydrogen) atoms. The topological polar surface area (TPSA) is 12.9 Å². The second-order valence-electron chi connectivity index (χ2n) is 5.97. The lowest BCUT2D eigenvalue weighted by Gasteiger charge is -2.16. The van der Waals surface area contributed by atoms with E-state index in [-0.39, 0.29) is 0 Å². The Morgan fingerprint density at radius 2 is 1.52 bits per heavy atom. The van der Waals surface area contributed by atoms with Crippen LogP contribution in [-0.2, 0) is 0 Å². The highest BCUT2D eigenvalue weighted by molar-refractivity contribution is 6.34. The van der Waals surface area contributed by atoms with E-state index in [9.17, 15) is 0 Å². The molecule has 1 nitrogen and oxygen atoms in total. The lowest BCUT2D eigenvalue weighted by molar-refractivity contribution is 1.33. The standard InChI is InChI=1S/C22H15Cl2N/c1-14-21(17-9-5-6-10-19(17)24)18-13-16(23)11-12-20(18)25-22(14)15-7-3-2-4-8-15/h2-13H,1H3. The van der Waals surface area contributed by atoms with Gasteiger partial charge in [0.15, 0.2) is 0 Å². The van der Waals surface area contributed by atoms with Gasteiger partial charge < -0.3 is 0 Å². The molecule has 0 saturated carbocycles. The van der Waals surface area contributed by atoms with Crippen LogP contribution >= 0.6 is 23.2 Å². The van der Waals surface area contributed by atoms with Crippen molar-refractivity contribution in [3.05, 3.63) is 88.4 Å². The Bertz CT molecular complexity index is 1070. The summed E-state index contributed by atoms with van der Waals surface area (Å²) < 4.78 is 0. The molecule has 4 aromatic rings. The fourth-order valence-corrected chi connectivity index (χ4v) is 3.62. The van der Waals surface area contributed by atoms with E-state index in [0.717, 1.165) is 43.9 Å². The van der Waals surface area contributed by atoms with Gasteiger partial charge >= 0.3 is 0 Å². The molecule has 0 unspecified atom stereocenters. The van der Waals surface area contributed by atoms with Crippen LogP contribution in [0.4, 0.5) is 0 Å². The van der Waals surface area contributed by atoms with Crippen LogP contribution in [0.1, 0.15) is 5.56 Å². The fourth-order valence-electron chi connectivity index (χ4n) is 3.22. The Hall–Kier alpha value is -2.35. The van der Waals surface area contributed by atoms with Gasteiger partial charge in [0.2, 0.25) is 0 Å². The molecule has 0 N–H and O–H groups in total. The SMILES string of the molecule is Cc1c(-c2ccccc2)nc2ccc(Cl)cc2c1-c1ccccc1Cl. The predicted octanol–water partition coefficient (Wildman–Crippen LogP) is 7.18. The van der Waals surface area contributed by atoms with E-state index in [1.54, 1.807) is 0 Å². The van der Waals surface area contributed by atoms with Crippen molar-refractivity contribution in [2.75, 3.05) is 0 Å². The zero-order chi connectivity index (χ0) is 17.4. The van der Waals surface area contributed by atoms with Crippen LogP contribution in [0.15, 0.2) is 72.8 Å². The molecule has 122 valence electrons. The maximum absolute atomic E-state index is 6.52. The number of hydrogen-bond donors (Lipinski definition) is 0. The van der Waals surface area contributed by atoms with Crippen molar-refractivity contribution < 1.29 is 0 Å². The first-order valence-corrected chi connectivity index (χ1v) is 8.81. The lowest BCUT2D eigenvalue weighted by atomic mass is 9.93. The first kappa shape index (κ1) is 16.1. The van der Waals surface area contributed by atoms with Gasteiger partial charge in [-0.25, -0.2) is 4.98 Å². The molecule has 0 amide bonds. The second kappa shape index (κ2) is 6.51. The van der Waals surface area contributed by atoms with Crippen molar-refractivity contribution in [2.24, 2.45) is 0 Å². The number of fused-ring (bicyclic) bond motifs is 1. The fraction of sp³-hybridized carbons (Fsp3) is 0.0455. The Balaban J connectivity index is 2.14. The van der Waals surface area contributed by atoms with E-state index in [0.29, 0.717) is 5.02 Å². The Morgan fingerprint density at radius 3 is 2.28 bits per heavy atom. The second-order valence-corrected chi connectivity index (χ2v) is 6.81. The summed E-state index contributed by atoms with van der Waals surface area (Å²) in [5.41, 5.74) is 6.12. The number of aromatic nitrogens is 1. The molecule has 0 saturated heterocycles. The minimum Gasteiger partial charge on any atom is -0.247 e. The molecular formula is C22H15Cl2N. The molecule has 0 spiro atoms. The van der Waals surface area contributed by atoms with Crippen LogP contribution in [-0.4, -0.2) is 4.98 Å². The first-order valence-electron chi connectivity index (χ1n) is 8.05. The summed E-state index contributed by atoms with van der Waals surface area (Å²) in [6.45, 7) is 2.09. The van der Waals surface area contributed by atoms with Crippen molar-refractivity contribution in [3.8, 4) is 22.4 Å². The monoisotopic (exact) mass is 363 g/mol. The van der Waals surface area contributed by atoms with Gasteiger partial charge in [0, 0.05) is 26.6 Å². The molecular weight excluding hydrogens is 349 g/mol. The van der Waals surface area contributed by atoms with E-state index >= 15 is 0 Å². The summed E-state index contributed by atoms with van der Waals surface area (Å²) in [7, 11) is 0. The maximum atomic E-state index is 6.52. The number of hydrogen-bond acceptors (Lipinski definition) is 1. The number of benzene rings is 3. The van der Waals surface area contributed by atoms with Crippen molar-refractivity contribution in [2.45, 2.75) is 6.92 Å². The molecule has 0 bridgehead atoms. The van der Waals surface area contributed by atoms with Gasteiger partial charge in [0.1, 0.15) is 0 Å². The molecule has 0 aliphatic carbocycles. The summed E-state index contributed by atoms with van der Waals surface area (Å²) in [4.78, 5) is 4.90. The van der Waals surface area contributed by atoms with Crippen molar-refractivity contribution >= 4 is 34.1 Å². The summed E-state index contributed by atoms with van der Waals surface area (Å²) in [5.74, 6) is 0. The normalized spacial score (nSPS) is 11.0.